The molecule has 3 aromatic heterocycles. The minimum Gasteiger partial charge on any atom is -0.497 e. The first-order valence-corrected chi connectivity index (χ1v) is 9.98. The van der Waals surface area contributed by atoms with Crippen LogP contribution < -0.4 is 15.4 Å². The second-order valence-electron chi connectivity index (χ2n) is 7.04. The van der Waals surface area contributed by atoms with E-state index >= 15 is 0 Å². The number of anilines is 3. The van der Waals surface area contributed by atoms with Crippen LogP contribution in [-0.4, -0.2) is 38.6 Å². The Labute approximate surface area is 178 Å². The van der Waals surface area contributed by atoms with Crippen LogP contribution >= 0.6 is 0 Å². The lowest BCUT2D eigenvalue weighted by atomic mass is 10.1. The Bertz CT molecular complexity index is 1330. The summed E-state index contributed by atoms with van der Waals surface area (Å²) in [5.74, 6) is 2.87. The quantitative estimate of drug-likeness (QED) is 0.367. The third-order valence-corrected chi connectivity index (χ3v) is 5.06. The molecule has 8 nitrogen and oxygen atoms in total. The number of ether oxygens (including phenoxy) is 1. The first-order valence-electron chi connectivity index (χ1n) is 9.98. The molecule has 0 amide bonds. The number of imidazole rings is 1. The van der Waals surface area contributed by atoms with Crippen molar-refractivity contribution < 1.29 is 4.74 Å². The molecule has 3 N–H and O–H groups in total. The van der Waals surface area contributed by atoms with E-state index in [1.54, 1.807) is 13.3 Å². The number of H-pyrrole nitrogens is 1. The van der Waals surface area contributed by atoms with Crippen LogP contribution in [0.4, 0.5) is 17.6 Å². The van der Waals surface area contributed by atoms with E-state index in [0.29, 0.717) is 17.4 Å². The van der Waals surface area contributed by atoms with Crippen LogP contribution in [0.2, 0.25) is 0 Å². The smallest absolute Gasteiger partial charge is 0.208 e. The molecule has 31 heavy (non-hydrogen) atoms. The van der Waals surface area contributed by atoms with Crippen LogP contribution in [0.15, 0.2) is 67.1 Å². The number of aromatic nitrogens is 5. The van der Waals surface area contributed by atoms with Gasteiger partial charge in [-0.1, -0.05) is 36.4 Å². The predicted molar refractivity (Wildman–Crippen MR) is 122 cm³/mol. The lowest BCUT2D eigenvalue weighted by Crippen LogP contribution is -2.07. The molecule has 2 aromatic carbocycles. The van der Waals surface area contributed by atoms with Crippen molar-refractivity contribution in [2.75, 3.05) is 24.3 Å². The summed E-state index contributed by atoms with van der Waals surface area (Å²) in [5, 5.41) is 8.78. The van der Waals surface area contributed by atoms with E-state index in [-0.39, 0.29) is 0 Å². The van der Waals surface area contributed by atoms with Crippen molar-refractivity contribution in [2.24, 2.45) is 0 Å². The van der Waals surface area contributed by atoms with E-state index in [4.69, 9.17) is 4.74 Å². The Kier molecular flexibility index (Phi) is 5.02. The summed E-state index contributed by atoms with van der Waals surface area (Å²) >= 11 is 0. The van der Waals surface area contributed by atoms with Crippen LogP contribution in [0.5, 0.6) is 5.75 Å². The fourth-order valence-corrected chi connectivity index (χ4v) is 3.47. The van der Waals surface area contributed by atoms with Crippen LogP contribution in [0, 0.1) is 0 Å². The Morgan fingerprint density at radius 1 is 0.935 bits per heavy atom. The molecule has 5 rings (SSSR count). The molecular formula is C23H21N7O. The van der Waals surface area contributed by atoms with E-state index in [1.807, 2.05) is 36.4 Å². The van der Waals surface area contributed by atoms with Gasteiger partial charge in [0.15, 0.2) is 11.5 Å². The van der Waals surface area contributed by atoms with Gasteiger partial charge in [-0.3, -0.25) is 0 Å². The highest BCUT2D eigenvalue weighted by Crippen LogP contribution is 2.25. The number of methoxy groups -OCH3 is 1. The summed E-state index contributed by atoms with van der Waals surface area (Å²) in [4.78, 5) is 20.9. The second-order valence-corrected chi connectivity index (χ2v) is 7.04. The summed E-state index contributed by atoms with van der Waals surface area (Å²) in [6.07, 6.45) is 4.15. The number of rotatable bonds is 7. The molecule has 0 fully saturated rings. The number of pyridine rings is 1. The minimum absolute atomic E-state index is 0.567. The van der Waals surface area contributed by atoms with E-state index in [9.17, 15) is 0 Å². The van der Waals surface area contributed by atoms with Crippen LogP contribution in [0.3, 0.4) is 0 Å². The van der Waals surface area contributed by atoms with E-state index in [0.717, 1.165) is 40.8 Å². The molecule has 0 aliphatic carbocycles. The third kappa shape index (κ3) is 3.95. The molecule has 0 radical (unpaired) electrons. The fourth-order valence-electron chi connectivity index (χ4n) is 3.47. The molecule has 5 aromatic rings. The molecule has 0 aliphatic rings. The molecule has 0 bridgehead atoms. The van der Waals surface area contributed by atoms with Crippen LogP contribution in [0.25, 0.3) is 21.9 Å². The topological polar surface area (TPSA) is 101 Å². The van der Waals surface area contributed by atoms with Gasteiger partial charge in [-0.05, 0) is 35.6 Å². The standard InChI is InChI=1S/C23H21N7O/c1-31-17-8-6-15(7-9-17)10-12-25-21-19-22(27-14-26-21)30-23(28-19)29-20-18-5-3-2-4-16(18)11-13-24-20/h2-9,11,13-14H,10,12H2,1H3,(H3,24,25,26,27,28,29,30). The number of nitrogens with zero attached hydrogens (tertiary/aromatic N) is 4. The Balaban J connectivity index is 1.33. The molecular weight excluding hydrogens is 390 g/mol. The van der Waals surface area contributed by atoms with Gasteiger partial charge in [-0.15, -0.1) is 0 Å². The van der Waals surface area contributed by atoms with Crippen molar-refractivity contribution in [1.29, 1.82) is 0 Å². The summed E-state index contributed by atoms with van der Waals surface area (Å²) in [7, 11) is 1.67. The molecule has 154 valence electrons. The largest absolute Gasteiger partial charge is 0.497 e. The van der Waals surface area contributed by atoms with Gasteiger partial charge in [-0.2, -0.15) is 4.98 Å². The fraction of sp³-hybridized carbons (Fsp3) is 0.130. The van der Waals surface area contributed by atoms with E-state index in [2.05, 4.69) is 53.8 Å². The zero-order valence-electron chi connectivity index (χ0n) is 17.0. The van der Waals surface area contributed by atoms with Crippen LogP contribution in [-0.2, 0) is 6.42 Å². The van der Waals surface area contributed by atoms with Gasteiger partial charge in [0, 0.05) is 18.1 Å². The lowest BCUT2D eigenvalue weighted by Gasteiger charge is -2.07. The normalized spacial score (nSPS) is 11.0. The maximum atomic E-state index is 5.21. The van der Waals surface area contributed by atoms with Crippen molar-refractivity contribution in [3.8, 4) is 5.75 Å². The highest BCUT2D eigenvalue weighted by molar-refractivity contribution is 5.93. The Morgan fingerprint density at radius 2 is 1.81 bits per heavy atom. The molecule has 0 unspecified atom stereocenters. The van der Waals surface area contributed by atoms with Gasteiger partial charge in [-0.25, -0.2) is 15.0 Å². The van der Waals surface area contributed by atoms with Crippen molar-refractivity contribution in [3.05, 3.63) is 72.7 Å². The summed E-state index contributed by atoms with van der Waals surface area (Å²) in [5.41, 5.74) is 2.55. The zero-order chi connectivity index (χ0) is 21.0. The number of hydrogen-bond donors (Lipinski definition) is 3. The van der Waals surface area contributed by atoms with Gasteiger partial charge in [0.2, 0.25) is 5.95 Å². The first kappa shape index (κ1) is 18.8. The molecule has 3 heterocycles. The molecule has 0 atom stereocenters. The van der Waals surface area contributed by atoms with Gasteiger partial charge in [0.05, 0.1) is 7.11 Å². The summed E-state index contributed by atoms with van der Waals surface area (Å²) in [6.45, 7) is 0.727. The zero-order valence-corrected chi connectivity index (χ0v) is 17.0. The highest BCUT2D eigenvalue weighted by Gasteiger charge is 2.11. The second kappa shape index (κ2) is 8.27. The molecule has 8 heteroatoms. The van der Waals surface area contributed by atoms with E-state index in [1.165, 1.54) is 11.9 Å². The van der Waals surface area contributed by atoms with Crippen molar-refractivity contribution in [2.45, 2.75) is 6.42 Å². The minimum atomic E-state index is 0.567. The summed E-state index contributed by atoms with van der Waals surface area (Å²) in [6, 6.07) is 18.1. The maximum Gasteiger partial charge on any atom is 0.208 e. The highest BCUT2D eigenvalue weighted by atomic mass is 16.5. The first-order chi connectivity index (χ1) is 15.3. The lowest BCUT2D eigenvalue weighted by molar-refractivity contribution is 0.414. The van der Waals surface area contributed by atoms with E-state index < -0.39 is 0 Å². The van der Waals surface area contributed by atoms with Gasteiger partial charge < -0.3 is 20.4 Å². The van der Waals surface area contributed by atoms with Gasteiger partial charge >= 0.3 is 0 Å². The van der Waals surface area contributed by atoms with Crippen molar-refractivity contribution >= 4 is 39.5 Å². The molecule has 0 spiro atoms. The summed E-state index contributed by atoms with van der Waals surface area (Å²) < 4.78 is 5.21. The number of nitrogens with one attached hydrogen (secondary N) is 3. The van der Waals surface area contributed by atoms with Crippen molar-refractivity contribution in [1.82, 2.24) is 24.9 Å². The number of aromatic amines is 1. The van der Waals surface area contributed by atoms with Gasteiger partial charge in [0.1, 0.15) is 23.4 Å². The van der Waals surface area contributed by atoms with Crippen LogP contribution in [0.1, 0.15) is 5.56 Å². The average molecular weight is 411 g/mol. The predicted octanol–water partition coefficient (Wildman–Crippen LogP) is 4.31. The molecule has 0 saturated heterocycles. The monoisotopic (exact) mass is 411 g/mol. The number of fused-ring (bicyclic) bond motifs is 2. The molecule has 0 aliphatic heterocycles. The van der Waals surface area contributed by atoms with Gasteiger partial charge in [0.25, 0.3) is 0 Å². The van der Waals surface area contributed by atoms with Crippen molar-refractivity contribution in [3.63, 3.8) is 0 Å². The molecule has 0 saturated carbocycles. The maximum absolute atomic E-state index is 5.21. The average Bonchev–Trinajstić information content (AvgIpc) is 3.23. The third-order valence-electron chi connectivity index (χ3n) is 5.06. The Morgan fingerprint density at radius 3 is 2.68 bits per heavy atom. The number of benzene rings is 2. The SMILES string of the molecule is COc1ccc(CCNc2ncnc3nc(Nc4nccc5ccccc45)[nH]c23)cc1. The number of hydrogen-bond acceptors (Lipinski definition) is 7. The Hall–Kier alpha value is -4.20.